The predicted octanol–water partition coefficient (Wildman–Crippen LogP) is 1.89. The highest BCUT2D eigenvalue weighted by Gasteiger charge is 2.17. The molecule has 0 aliphatic carbocycles. The zero-order valence-electron chi connectivity index (χ0n) is 12.9. The smallest absolute Gasteiger partial charge is 0.343 e. The number of rotatable bonds is 5. The Labute approximate surface area is 137 Å². The second-order valence-electron chi connectivity index (χ2n) is 5.09. The molecule has 0 aromatic heterocycles. The lowest BCUT2D eigenvalue weighted by Crippen LogP contribution is -2.30. The van der Waals surface area contributed by atoms with Crippen molar-refractivity contribution in [3.8, 4) is 23.0 Å². The lowest BCUT2D eigenvalue weighted by Gasteiger charge is -2.11. The average molecular weight is 329 g/mol. The van der Waals surface area contributed by atoms with E-state index in [4.69, 9.17) is 24.7 Å². The van der Waals surface area contributed by atoms with Crippen molar-refractivity contribution >= 4 is 11.9 Å². The Kier molecular flexibility index (Phi) is 4.24. The zero-order valence-corrected chi connectivity index (χ0v) is 12.9. The Morgan fingerprint density at radius 2 is 1.71 bits per heavy atom. The number of primary amides is 1. The van der Waals surface area contributed by atoms with E-state index in [9.17, 15) is 9.59 Å². The van der Waals surface area contributed by atoms with Crippen LogP contribution in [0.25, 0.3) is 0 Å². The fourth-order valence-electron chi connectivity index (χ4n) is 2.04. The van der Waals surface area contributed by atoms with E-state index in [0.29, 0.717) is 28.6 Å². The first-order valence-electron chi connectivity index (χ1n) is 7.21. The maximum atomic E-state index is 12.2. The monoisotopic (exact) mass is 329 g/mol. The number of carbonyl (C=O) groups is 2. The molecule has 0 unspecified atom stereocenters. The van der Waals surface area contributed by atoms with Crippen LogP contribution in [0.1, 0.15) is 17.3 Å². The van der Waals surface area contributed by atoms with Gasteiger partial charge in [0.2, 0.25) is 6.79 Å². The van der Waals surface area contributed by atoms with Crippen LogP contribution in [-0.4, -0.2) is 24.8 Å². The summed E-state index contributed by atoms with van der Waals surface area (Å²) in [5.74, 6) is 0.812. The van der Waals surface area contributed by atoms with E-state index in [1.54, 1.807) is 49.4 Å². The molecule has 0 saturated carbocycles. The molecule has 0 fully saturated rings. The van der Waals surface area contributed by atoms with Gasteiger partial charge in [0, 0.05) is 0 Å². The van der Waals surface area contributed by atoms with Gasteiger partial charge in [0.15, 0.2) is 17.6 Å². The summed E-state index contributed by atoms with van der Waals surface area (Å²) in [6.45, 7) is 1.69. The number of nitrogens with two attached hydrogens (primary N) is 1. The Hall–Kier alpha value is -3.22. The summed E-state index contributed by atoms with van der Waals surface area (Å²) in [5, 5.41) is 0. The molecule has 1 heterocycles. The van der Waals surface area contributed by atoms with Crippen LogP contribution in [0, 0.1) is 0 Å². The van der Waals surface area contributed by atoms with E-state index in [0.717, 1.165) is 0 Å². The van der Waals surface area contributed by atoms with Crippen LogP contribution in [0.5, 0.6) is 23.0 Å². The molecule has 124 valence electrons. The first-order chi connectivity index (χ1) is 11.5. The minimum atomic E-state index is -0.743. The van der Waals surface area contributed by atoms with E-state index in [1.807, 2.05) is 0 Å². The van der Waals surface area contributed by atoms with Crippen LogP contribution in [0.2, 0.25) is 0 Å². The van der Waals surface area contributed by atoms with Gasteiger partial charge in [-0.25, -0.2) is 4.79 Å². The third-order valence-electron chi connectivity index (χ3n) is 3.36. The summed E-state index contributed by atoms with van der Waals surface area (Å²) in [7, 11) is 0. The molecule has 0 radical (unpaired) electrons. The van der Waals surface area contributed by atoms with Crippen molar-refractivity contribution < 1.29 is 28.5 Å². The number of ether oxygens (including phenoxy) is 4. The number of hydrogen-bond donors (Lipinski definition) is 1. The number of hydrogen-bond acceptors (Lipinski definition) is 6. The SMILES string of the molecule is C[C@@H](Oc1ccc(OC(=O)c2ccc3c(c2)OCO3)cc1)C(N)=O. The molecule has 1 amide bonds. The summed E-state index contributed by atoms with van der Waals surface area (Å²) in [4.78, 5) is 23.1. The van der Waals surface area contributed by atoms with Crippen molar-refractivity contribution in [3.63, 3.8) is 0 Å². The highest BCUT2D eigenvalue weighted by atomic mass is 16.7. The Bertz CT molecular complexity index is 771. The summed E-state index contributed by atoms with van der Waals surface area (Å²) >= 11 is 0. The molecule has 0 bridgehead atoms. The maximum Gasteiger partial charge on any atom is 0.343 e. The molecule has 24 heavy (non-hydrogen) atoms. The minimum Gasteiger partial charge on any atom is -0.481 e. The fourth-order valence-corrected chi connectivity index (χ4v) is 2.04. The lowest BCUT2D eigenvalue weighted by atomic mass is 10.2. The number of carbonyl (C=O) groups excluding carboxylic acids is 2. The number of benzene rings is 2. The van der Waals surface area contributed by atoms with Gasteiger partial charge in [0.05, 0.1) is 5.56 Å². The van der Waals surface area contributed by atoms with Gasteiger partial charge in [-0.15, -0.1) is 0 Å². The highest BCUT2D eigenvalue weighted by molar-refractivity contribution is 5.91. The van der Waals surface area contributed by atoms with Crippen LogP contribution in [-0.2, 0) is 4.79 Å². The topological polar surface area (TPSA) is 97.1 Å². The van der Waals surface area contributed by atoms with Gasteiger partial charge in [0.25, 0.3) is 5.91 Å². The molecule has 7 nitrogen and oxygen atoms in total. The third kappa shape index (κ3) is 3.40. The van der Waals surface area contributed by atoms with Crippen molar-refractivity contribution in [2.75, 3.05) is 6.79 Å². The second-order valence-corrected chi connectivity index (χ2v) is 5.09. The molecular formula is C17H15NO6. The van der Waals surface area contributed by atoms with E-state index >= 15 is 0 Å². The van der Waals surface area contributed by atoms with E-state index in [2.05, 4.69) is 0 Å². The normalized spacial score (nSPS) is 13.2. The summed E-state index contributed by atoms with van der Waals surface area (Å²) in [6.07, 6.45) is -0.743. The quantitative estimate of drug-likeness (QED) is 0.664. The van der Waals surface area contributed by atoms with E-state index in [1.165, 1.54) is 0 Å². The Balaban J connectivity index is 1.65. The molecule has 7 heteroatoms. The second kappa shape index (κ2) is 6.49. The number of esters is 1. The van der Waals surface area contributed by atoms with Gasteiger partial charge < -0.3 is 24.7 Å². The van der Waals surface area contributed by atoms with Gasteiger partial charge in [0.1, 0.15) is 11.5 Å². The molecule has 1 atom stereocenters. The summed E-state index contributed by atoms with van der Waals surface area (Å²) in [6, 6.07) is 11.1. The molecule has 2 N–H and O–H groups in total. The first kappa shape index (κ1) is 15.7. The van der Waals surface area contributed by atoms with Gasteiger partial charge >= 0.3 is 5.97 Å². The van der Waals surface area contributed by atoms with Crippen molar-refractivity contribution in [2.24, 2.45) is 5.73 Å². The summed E-state index contributed by atoms with van der Waals surface area (Å²) in [5.41, 5.74) is 5.48. The predicted molar refractivity (Wildman–Crippen MR) is 83.2 cm³/mol. The number of fused-ring (bicyclic) bond motifs is 1. The van der Waals surface area contributed by atoms with E-state index in [-0.39, 0.29) is 6.79 Å². The highest BCUT2D eigenvalue weighted by Crippen LogP contribution is 2.32. The minimum absolute atomic E-state index is 0.138. The zero-order chi connectivity index (χ0) is 17.1. The third-order valence-corrected chi connectivity index (χ3v) is 3.36. The average Bonchev–Trinajstić information content (AvgIpc) is 3.04. The van der Waals surface area contributed by atoms with Crippen LogP contribution < -0.4 is 24.7 Å². The van der Waals surface area contributed by atoms with Crippen LogP contribution in [0.4, 0.5) is 0 Å². The van der Waals surface area contributed by atoms with Crippen molar-refractivity contribution in [3.05, 3.63) is 48.0 Å². The lowest BCUT2D eigenvalue weighted by molar-refractivity contribution is -0.123. The first-order valence-corrected chi connectivity index (χ1v) is 7.21. The number of amides is 1. The maximum absolute atomic E-state index is 12.2. The molecule has 0 saturated heterocycles. The van der Waals surface area contributed by atoms with Crippen molar-refractivity contribution in [1.29, 1.82) is 0 Å². The molecule has 1 aliphatic heterocycles. The van der Waals surface area contributed by atoms with Gasteiger partial charge in [-0.3, -0.25) is 4.79 Å². The van der Waals surface area contributed by atoms with Gasteiger partial charge in [-0.05, 0) is 49.4 Å². The van der Waals surface area contributed by atoms with Crippen LogP contribution in [0.15, 0.2) is 42.5 Å². The van der Waals surface area contributed by atoms with Crippen LogP contribution in [0.3, 0.4) is 0 Å². The molecule has 1 aliphatic rings. The standard InChI is InChI=1S/C17H15NO6/c1-10(16(18)19)23-12-3-5-13(6-4-12)24-17(20)11-2-7-14-15(8-11)22-9-21-14/h2-8,10H,9H2,1H3,(H2,18,19)/t10-/m1/s1. The molecule has 3 rings (SSSR count). The van der Waals surface area contributed by atoms with Crippen LogP contribution >= 0.6 is 0 Å². The van der Waals surface area contributed by atoms with E-state index < -0.39 is 18.0 Å². The Morgan fingerprint density at radius 1 is 1.04 bits per heavy atom. The molecular weight excluding hydrogens is 314 g/mol. The fraction of sp³-hybridized carbons (Fsp3) is 0.176. The molecule has 2 aromatic rings. The van der Waals surface area contributed by atoms with Crippen molar-refractivity contribution in [2.45, 2.75) is 13.0 Å². The molecule has 2 aromatic carbocycles. The Morgan fingerprint density at radius 3 is 2.42 bits per heavy atom. The van der Waals surface area contributed by atoms with Gasteiger partial charge in [-0.1, -0.05) is 0 Å². The largest absolute Gasteiger partial charge is 0.481 e. The van der Waals surface area contributed by atoms with Crippen molar-refractivity contribution in [1.82, 2.24) is 0 Å². The van der Waals surface area contributed by atoms with Gasteiger partial charge in [-0.2, -0.15) is 0 Å². The molecule has 0 spiro atoms. The summed E-state index contributed by atoms with van der Waals surface area (Å²) < 4.78 is 21.0.